The van der Waals surface area contributed by atoms with Crippen molar-refractivity contribution in [3.8, 4) is 0 Å². The van der Waals surface area contributed by atoms with Gasteiger partial charge in [0.05, 0.1) is 42.5 Å². The van der Waals surface area contributed by atoms with E-state index in [1.54, 1.807) is 45.1 Å². The highest BCUT2D eigenvalue weighted by Crippen LogP contribution is 2.20. The minimum absolute atomic E-state index is 0.00712. The van der Waals surface area contributed by atoms with Crippen LogP contribution in [0.2, 0.25) is 0 Å². The van der Waals surface area contributed by atoms with Crippen LogP contribution in [0.4, 0.5) is 0 Å². The summed E-state index contributed by atoms with van der Waals surface area (Å²) in [6.07, 6.45) is 13.2. The Morgan fingerprint density at radius 2 is 1.13 bits per heavy atom. The number of carbonyl (C=O) groups excluding carboxylic acids is 1. The number of allylic oxidation sites excluding steroid dienone is 8. The Kier molecular flexibility index (Phi) is 17.1. The molecule has 0 aliphatic carbocycles. The molecule has 39 heavy (non-hydrogen) atoms. The fourth-order valence-corrected chi connectivity index (χ4v) is 4.13. The van der Waals surface area contributed by atoms with Crippen LogP contribution in [-0.4, -0.2) is 79.3 Å². The summed E-state index contributed by atoms with van der Waals surface area (Å²) in [6.45, 7) is 6.99. The van der Waals surface area contributed by atoms with E-state index in [2.05, 4.69) is 0 Å². The van der Waals surface area contributed by atoms with Crippen LogP contribution in [0, 0.1) is 17.8 Å². The van der Waals surface area contributed by atoms with Gasteiger partial charge >= 0.3 is 5.97 Å². The normalized spacial score (nSPS) is 37.6. The molecule has 8 heteroatoms. The first kappa shape index (κ1) is 35.0. The molecule has 0 aromatic carbocycles. The van der Waals surface area contributed by atoms with Gasteiger partial charge in [-0.2, -0.15) is 0 Å². The van der Waals surface area contributed by atoms with E-state index < -0.39 is 60.5 Å². The Morgan fingerprint density at radius 3 is 1.72 bits per heavy atom. The number of hydrogen-bond acceptors (Lipinski definition) is 8. The Morgan fingerprint density at radius 1 is 0.641 bits per heavy atom. The minimum atomic E-state index is -1.07. The SMILES string of the molecule is C[C@@H]1[C@H](O)C=CC=CC=CC=CC=C[C@H](C)[C@H](C)OC(=O)[C@H](C)[C@H](O)C[C@H](O)CCC[C@H](O)C[C@H](O)C[C@@H]1O. The molecular weight excluding hydrogens is 500 g/mol. The largest absolute Gasteiger partial charge is 0.462 e. The number of rotatable bonds is 0. The first-order valence-corrected chi connectivity index (χ1v) is 14.1. The lowest BCUT2D eigenvalue weighted by Gasteiger charge is -2.25. The van der Waals surface area contributed by atoms with Gasteiger partial charge in [0.2, 0.25) is 0 Å². The zero-order chi connectivity index (χ0) is 29.4. The van der Waals surface area contributed by atoms with Crippen molar-refractivity contribution in [1.29, 1.82) is 0 Å². The van der Waals surface area contributed by atoms with Crippen molar-refractivity contribution in [2.45, 2.75) is 109 Å². The molecule has 1 aliphatic heterocycles. The maximum atomic E-state index is 12.5. The van der Waals surface area contributed by atoms with Gasteiger partial charge in [0, 0.05) is 18.3 Å². The predicted molar refractivity (Wildman–Crippen MR) is 152 cm³/mol. The third-order valence-corrected chi connectivity index (χ3v) is 7.28. The van der Waals surface area contributed by atoms with Gasteiger partial charge in [-0.3, -0.25) is 4.79 Å². The van der Waals surface area contributed by atoms with Crippen LogP contribution in [0.5, 0.6) is 0 Å². The van der Waals surface area contributed by atoms with Crippen molar-refractivity contribution in [3.63, 3.8) is 0 Å². The van der Waals surface area contributed by atoms with Crippen LogP contribution in [0.25, 0.3) is 0 Å². The molecule has 0 spiro atoms. The smallest absolute Gasteiger partial charge is 0.311 e. The standard InChI is InChI=1S/C31H50O8/c1-21-14-11-9-7-5-6-8-10-12-17-28(35)22(2)29(36)20-27(34)18-25(32)15-13-16-26(33)19-30(37)23(3)31(38)39-24(21)4/h5-12,14,17,21-30,32-37H,13,15-16,18-20H2,1-4H3/t21-,22+,23+,24-,25-,26+,27-,28+,29-,30+/m0/s1. The third kappa shape index (κ3) is 14.8. The molecule has 0 saturated heterocycles. The first-order valence-electron chi connectivity index (χ1n) is 14.1. The summed E-state index contributed by atoms with van der Waals surface area (Å²) in [5, 5.41) is 62.1. The average Bonchev–Trinajstić information content (AvgIpc) is 2.87. The average molecular weight is 551 g/mol. The Bertz CT molecular complexity index is 832. The lowest BCUT2D eigenvalue weighted by Crippen LogP contribution is -2.33. The predicted octanol–water partition coefficient (Wildman–Crippen LogP) is 3.13. The molecule has 0 aromatic heterocycles. The van der Waals surface area contributed by atoms with Gasteiger partial charge in [0.1, 0.15) is 6.10 Å². The quantitative estimate of drug-likeness (QED) is 0.252. The highest BCUT2D eigenvalue weighted by molar-refractivity contribution is 5.72. The Hall–Kier alpha value is -2.07. The number of cyclic esters (lactones) is 1. The molecule has 0 fully saturated rings. The van der Waals surface area contributed by atoms with Gasteiger partial charge in [-0.1, -0.05) is 74.6 Å². The van der Waals surface area contributed by atoms with E-state index >= 15 is 0 Å². The summed E-state index contributed by atoms with van der Waals surface area (Å²) in [5.41, 5.74) is 0. The Labute approximate surface area is 233 Å². The van der Waals surface area contributed by atoms with Gasteiger partial charge < -0.3 is 35.4 Å². The van der Waals surface area contributed by atoms with Crippen LogP contribution in [0.1, 0.15) is 66.2 Å². The van der Waals surface area contributed by atoms with Crippen LogP contribution in [0.3, 0.4) is 0 Å². The van der Waals surface area contributed by atoms with Crippen LogP contribution in [0.15, 0.2) is 60.8 Å². The van der Waals surface area contributed by atoms with E-state index in [-0.39, 0.29) is 25.2 Å². The first-order chi connectivity index (χ1) is 18.4. The second-order valence-electron chi connectivity index (χ2n) is 10.8. The van der Waals surface area contributed by atoms with Gasteiger partial charge in [-0.15, -0.1) is 0 Å². The van der Waals surface area contributed by atoms with E-state index in [1.165, 1.54) is 0 Å². The molecule has 0 aromatic rings. The summed E-state index contributed by atoms with van der Waals surface area (Å²) in [5.74, 6) is -1.88. The van der Waals surface area contributed by atoms with Crippen molar-refractivity contribution in [2.75, 3.05) is 0 Å². The highest BCUT2D eigenvalue weighted by Gasteiger charge is 2.28. The number of hydrogen-bond donors (Lipinski definition) is 6. The summed E-state index contributed by atoms with van der Waals surface area (Å²) >= 11 is 0. The number of aliphatic hydroxyl groups excluding tert-OH is 6. The summed E-state index contributed by atoms with van der Waals surface area (Å²) in [7, 11) is 0. The molecule has 8 nitrogen and oxygen atoms in total. The van der Waals surface area contributed by atoms with Crippen molar-refractivity contribution in [2.24, 2.45) is 17.8 Å². The van der Waals surface area contributed by atoms with Gasteiger partial charge in [0.15, 0.2) is 0 Å². The van der Waals surface area contributed by atoms with E-state index in [0.29, 0.717) is 19.3 Å². The molecule has 222 valence electrons. The van der Waals surface area contributed by atoms with Crippen LogP contribution >= 0.6 is 0 Å². The lowest BCUT2D eigenvalue weighted by atomic mass is 9.91. The van der Waals surface area contributed by atoms with Gasteiger partial charge in [-0.05, 0) is 46.0 Å². The monoisotopic (exact) mass is 550 g/mol. The highest BCUT2D eigenvalue weighted by atomic mass is 16.5. The summed E-state index contributed by atoms with van der Waals surface area (Å²) < 4.78 is 5.53. The number of ether oxygens (including phenoxy) is 1. The summed E-state index contributed by atoms with van der Waals surface area (Å²) in [4.78, 5) is 12.5. The summed E-state index contributed by atoms with van der Waals surface area (Å²) in [6, 6.07) is 0. The van der Waals surface area contributed by atoms with E-state index in [0.717, 1.165) is 0 Å². The third-order valence-electron chi connectivity index (χ3n) is 7.28. The van der Waals surface area contributed by atoms with Crippen LogP contribution < -0.4 is 0 Å². The van der Waals surface area contributed by atoms with Crippen molar-refractivity contribution >= 4 is 5.97 Å². The fourth-order valence-electron chi connectivity index (χ4n) is 4.13. The van der Waals surface area contributed by atoms with E-state index in [1.807, 2.05) is 43.4 Å². The second kappa shape index (κ2) is 19.1. The number of carbonyl (C=O) groups is 1. The van der Waals surface area contributed by atoms with Crippen molar-refractivity contribution < 1.29 is 40.2 Å². The maximum absolute atomic E-state index is 12.5. The molecule has 0 amide bonds. The molecule has 1 aliphatic rings. The molecular formula is C31H50O8. The zero-order valence-corrected chi connectivity index (χ0v) is 23.8. The topological polar surface area (TPSA) is 148 Å². The van der Waals surface area contributed by atoms with Crippen molar-refractivity contribution in [1.82, 2.24) is 0 Å². The molecule has 6 N–H and O–H groups in total. The molecule has 1 heterocycles. The minimum Gasteiger partial charge on any atom is -0.462 e. The van der Waals surface area contributed by atoms with Crippen LogP contribution in [-0.2, 0) is 9.53 Å². The van der Waals surface area contributed by atoms with E-state index in [9.17, 15) is 35.4 Å². The number of esters is 1. The maximum Gasteiger partial charge on any atom is 0.311 e. The fraction of sp³-hybridized carbons (Fsp3) is 0.645. The second-order valence-corrected chi connectivity index (χ2v) is 10.8. The molecule has 0 bridgehead atoms. The van der Waals surface area contributed by atoms with Crippen molar-refractivity contribution in [3.05, 3.63) is 60.8 Å². The zero-order valence-electron chi connectivity index (χ0n) is 23.8. The molecule has 10 atom stereocenters. The Balaban J connectivity index is 2.89. The van der Waals surface area contributed by atoms with Gasteiger partial charge in [-0.25, -0.2) is 0 Å². The molecule has 0 unspecified atom stereocenters. The molecule has 0 saturated carbocycles. The molecule has 0 radical (unpaired) electrons. The molecule has 1 rings (SSSR count). The number of aliphatic hydroxyl groups is 6. The lowest BCUT2D eigenvalue weighted by molar-refractivity contribution is -0.158. The van der Waals surface area contributed by atoms with Gasteiger partial charge in [0.25, 0.3) is 0 Å². The van der Waals surface area contributed by atoms with E-state index in [4.69, 9.17) is 4.74 Å².